The molecule has 0 aliphatic rings. The van der Waals surface area contributed by atoms with Gasteiger partial charge in [-0.25, -0.2) is 4.98 Å². The Morgan fingerprint density at radius 3 is 1.87 bits per heavy atom. The van der Waals surface area contributed by atoms with E-state index in [1.807, 2.05) is 36.5 Å². The standard InChI is InChI=1S/C35H24N2O/c1-3-10-25(11-4-1)27-14-9-15-29(22-27)38-30-18-19-32-31-16-7-8-17-33(31)37(34(32)24-30)35-23-28(20-21-36-35)26-12-5-2-6-13-26/h1-24H. The quantitative estimate of drug-likeness (QED) is 0.241. The summed E-state index contributed by atoms with van der Waals surface area (Å²) >= 11 is 0. The number of benzene rings is 5. The maximum Gasteiger partial charge on any atom is 0.138 e. The first kappa shape index (κ1) is 22.1. The molecule has 0 radical (unpaired) electrons. The predicted octanol–water partition coefficient (Wildman–Crippen LogP) is 9.30. The molecule has 0 saturated heterocycles. The van der Waals surface area contributed by atoms with Crippen LogP contribution >= 0.6 is 0 Å². The Balaban J connectivity index is 1.34. The molecule has 38 heavy (non-hydrogen) atoms. The Hall–Kier alpha value is -5.15. The highest BCUT2D eigenvalue weighted by atomic mass is 16.5. The van der Waals surface area contributed by atoms with Gasteiger partial charge >= 0.3 is 0 Å². The van der Waals surface area contributed by atoms with Crippen molar-refractivity contribution in [2.45, 2.75) is 0 Å². The summed E-state index contributed by atoms with van der Waals surface area (Å²) in [6.07, 6.45) is 1.88. The topological polar surface area (TPSA) is 27.1 Å². The summed E-state index contributed by atoms with van der Waals surface area (Å²) in [7, 11) is 0. The molecule has 0 N–H and O–H groups in total. The molecule has 180 valence electrons. The number of hydrogen-bond acceptors (Lipinski definition) is 2. The predicted molar refractivity (Wildman–Crippen MR) is 156 cm³/mol. The van der Waals surface area contributed by atoms with Crippen LogP contribution < -0.4 is 4.74 Å². The average molecular weight is 489 g/mol. The van der Waals surface area contributed by atoms with E-state index in [2.05, 4.69) is 114 Å². The van der Waals surface area contributed by atoms with Crippen LogP contribution in [0.4, 0.5) is 0 Å². The normalized spacial score (nSPS) is 11.2. The van der Waals surface area contributed by atoms with Crippen LogP contribution in [0, 0.1) is 0 Å². The molecule has 0 spiro atoms. The van der Waals surface area contributed by atoms with Crippen LogP contribution in [0.25, 0.3) is 49.9 Å². The summed E-state index contributed by atoms with van der Waals surface area (Å²) in [5.74, 6) is 2.46. The lowest BCUT2D eigenvalue weighted by atomic mass is 10.1. The van der Waals surface area contributed by atoms with Crippen molar-refractivity contribution in [3.8, 4) is 39.6 Å². The van der Waals surface area contributed by atoms with Gasteiger partial charge in [-0.05, 0) is 64.7 Å². The summed E-state index contributed by atoms with van der Waals surface area (Å²) < 4.78 is 8.62. The van der Waals surface area contributed by atoms with Crippen molar-refractivity contribution in [3.05, 3.63) is 146 Å². The van der Waals surface area contributed by atoms with Crippen LogP contribution in [0.5, 0.6) is 11.5 Å². The minimum atomic E-state index is 0.783. The van der Waals surface area contributed by atoms with E-state index in [1.165, 1.54) is 10.9 Å². The van der Waals surface area contributed by atoms with Gasteiger partial charge in [-0.15, -0.1) is 0 Å². The van der Waals surface area contributed by atoms with Crippen molar-refractivity contribution >= 4 is 21.8 Å². The van der Waals surface area contributed by atoms with Gasteiger partial charge in [0.05, 0.1) is 11.0 Å². The monoisotopic (exact) mass is 488 g/mol. The Kier molecular flexibility index (Phi) is 5.45. The first-order chi connectivity index (χ1) is 18.8. The van der Waals surface area contributed by atoms with E-state index < -0.39 is 0 Å². The van der Waals surface area contributed by atoms with E-state index in [0.29, 0.717) is 0 Å². The Labute approximate surface area is 221 Å². The molecule has 0 amide bonds. The van der Waals surface area contributed by atoms with E-state index in [9.17, 15) is 0 Å². The number of aromatic nitrogens is 2. The number of para-hydroxylation sites is 1. The van der Waals surface area contributed by atoms with Gasteiger partial charge in [-0.2, -0.15) is 0 Å². The third-order valence-electron chi connectivity index (χ3n) is 6.90. The fourth-order valence-corrected chi connectivity index (χ4v) is 5.12. The molecule has 0 fully saturated rings. The van der Waals surface area contributed by atoms with E-state index in [0.717, 1.165) is 50.4 Å². The second-order valence-electron chi connectivity index (χ2n) is 9.30. The van der Waals surface area contributed by atoms with Gasteiger partial charge in [0, 0.05) is 23.0 Å². The van der Waals surface area contributed by atoms with E-state index in [1.54, 1.807) is 0 Å². The molecule has 0 aliphatic heterocycles. The van der Waals surface area contributed by atoms with Crippen molar-refractivity contribution in [1.82, 2.24) is 9.55 Å². The summed E-state index contributed by atoms with van der Waals surface area (Å²) in [5, 5.41) is 2.35. The molecule has 0 aliphatic carbocycles. The van der Waals surface area contributed by atoms with Gasteiger partial charge in [-0.1, -0.05) is 91.0 Å². The molecule has 0 saturated carbocycles. The van der Waals surface area contributed by atoms with Crippen LogP contribution in [-0.2, 0) is 0 Å². The number of ether oxygens (including phenoxy) is 1. The molecule has 0 unspecified atom stereocenters. The zero-order chi connectivity index (χ0) is 25.3. The second kappa shape index (κ2) is 9.38. The fourth-order valence-electron chi connectivity index (χ4n) is 5.12. The number of rotatable bonds is 5. The van der Waals surface area contributed by atoms with Crippen LogP contribution in [-0.4, -0.2) is 9.55 Å². The molecule has 2 aromatic heterocycles. The molecule has 0 atom stereocenters. The number of nitrogens with zero attached hydrogens (tertiary/aromatic N) is 2. The zero-order valence-corrected chi connectivity index (χ0v) is 20.7. The van der Waals surface area contributed by atoms with Gasteiger partial charge < -0.3 is 4.74 Å². The number of hydrogen-bond donors (Lipinski definition) is 0. The van der Waals surface area contributed by atoms with E-state index >= 15 is 0 Å². The third kappa shape index (κ3) is 4.00. The fraction of sp³-hybridized carbons (Fsp3) is 0. The summed E-state index contributed by atoms with van der Waals surface area (Å²) in [5.41, 5.74) is 6.76. The summed E-state index contributed by atoms with van der Waals surface area (Å²) in [6.45, 7) is 0. The largest absolute Gasteiger partial charge is 0.457 e. The maximum atomic E-state index is 6.39. The molecule has 7 aromatic rings. The van der Waals surface area contributed by atoms with Crippen molar-refractivity contribution in [2.24, 2.45) is 0 Å². The molecule has 7 rings (SSSR count). The molecule has 2 heterocycles. The van der Waals surface area contributed by atoms with Crippen LogP contribution in [0.1, 0.15) is 0 Å². The first-order valence-electron chi connectivity index (χ1n) is 12.7. The van der Waals surface area contributed by atoms with Gasteiger partial charge in [-0.3, -0.25) is 4.57 Å². The smallest absolute Gasteiger partial charge is 0.138 e. The van der Waals surface area contributed by atoms with Crippen molar-refractivity contribution in [1.29, 1.82) is 0 Å². The van der Waals surface area contributed by atoms with Gasteiger partial charge in [0.15, 0.2) is 0 Å². The first-order valence-corrected chi connectivity index (χ1v) is 12.7. The number of fused-ring (bicyclic) bond motifs is 3. The molecule has 5 aromatic carbocycles. The highest BCUT2D eigenvalue weighted by Crippen LogP contribution is 2.36. The average Bonchev–Trinajstić information content (AvgIpc) is 3.32. The molecular formula is C35H24N2O. The second-order valence-corrected chi connectivity index (χ2v) is 9.30. The lowest BCUT2D eigenvalue weighted by Gasteiger charge is -2.11. The Bertz CT molecular complexity index is 1890. The van der Waals surface area contributed by atoms with Crippen LogP contribution in [0.2, 0.25) is 0 Å². The lowest BCUT2D eigenvalue weighted by molar-refractivity contribution is 0.483. The summed E-state index contributed by atoms with van der Waals surface area (Å²) in [4.78, 5) is 4.79. The molecular weight excluding hydrogens is 464 g/mol. The molecule has 3 heteroatoms. The Morgan fingerprint density at radius 1 is 0.447 bits per heavy atom. The lowest BCUT2D eigenvalue weighted by Crippen LogP contribution is -1.97. The summed E-state index contributed by atoms with van der Waals surface area (Å²) in [6, 6.07) is 48.0. The van der Waals surface area contributed by atoms with E-state index in [4.69, 9.17) is 9.72 Å². The van der Waals surface area contributed by atoms with Crippen molar-refractivity contribution in [3.63, 3.8) is 0 Å². The SMILES string of the molecule is c1ccc(-c2cccc(Oc3ccc4c5ccccc5n(-c5cc(-c6ccccc6)ccn5)c4c3)c2)cc1. The number of pyridine rings is 1. The van der Waals surface area contributed by atoms with Gasteiger partial charge in [0.2, 0.25) is 0 Å². The minimum absolute atomic E-state index is 0.783. The third-order valence-corrected chi connectivity index (χ3v) is 6.90. The Morgan fingerprint density at radius 2 is 1.08 bits per heavy atom. The maximum absolute atomic E-state index is 6.39. The minimum Gasteiger partial charge on any atom is -0.457 e. The zero-order valence-electron chi connectivity index (χ0n) is 20.7. The molecule has 0 bridgehead atoms. The van der Waals surface area contributed by atoms with Gasteiger partial charge in [0.1, 0.15) is 17.3 Å². The highest BCUT2D eigenvalue weighted by Gasteiger charge is 2.15. The van der Waals surface area contributed by atoms with Crippen LogP contribution in [0.3, 0.4) is 0 Å². The van der Waals surface area contributed by atoms with Crippen LogP contribution in [0.15, 0.2) is 146 Å². The highest BCUT2D eigenvalue weighted by molar-refractivity contribution is 6.09. The molecule has 3 nitrogen and oxygen atoms in total. The van der Waals surface area contributed by atoms with Gasteiger partial charge in [0.25, 0.3) is 0 Å². The van der Waals surface area contributed by atoms with Crippen molar-refractivity contribution in [2.75, 3.05) is 0 Å². The van der Waals surface area contributed by atoms with Crippen molar-refractivity contribution < 1.29 is 4.74 Å². The van der Waals surface area contributed by atoms with E-state index in [-0.39, 0.29) is 0 Å².